The van der Waals surface area contributed by atoms with Gasteiger partial charge in [-0.25, -0.2) is 0 Å². The molecule has 0 atom stereocenters. The van der Waals surface area contributed by atoms with Gasteiger partial charge in [-0.1, -0.05) is 23.2 Å². The van der Waals surface area contributed by atoms with Crippen molar-refractivity contribution in [3.63, 3.8) is 0 Å². The van der Waals surface area contributed by atoms with Crippen LogP contribution in [0.1, 0.15) is 5.56 Å². The SMILES string of the molecule is N#Cc1c(Cl)c(F)nc(F)c1Cl. The van der Waals surface area contributed by atoms with E-state index in [2.05, 4.69) is 4.98 Å². The molecule has 1 aromatic rings. The number of pyridine rings is 1. The van der Waals surface area contributed by atoms with E-state index >= 15 is 0 Å². The van der Waals surface area contributed by atoms with Crippen molar-refractivity contribution in [3.8, 4) is 6.07 Å². The first-order chi connectivity index (χ1) is 5.57. The van der Waals surface area contributed by atoms with Crippen LogP contribution in [-0.4, -0.2) is 4.98 Å². The minimum absolute atomic E-state index is 0.441. The van der Waals surface area contributed by atoms with Gasteiger partial charge in [0.15, 0.2) is 0 Å². The molecule has 0 saturated carbocycles. The lowest BCUT2D eigenvalue weighted by molar-refractivity contribution is 0.512. The molecule has 62 valence electrons. The van der Waals surface area contributed by atoms with E-state index < -0.39 is 27.5 Å². The van der Waals surface area contributed by atoms with Crippen LogP contribution in [0.25, 0.3) is 0 Å². The maximum Gasteiger partial charge on any atom is 0.235 e. The van der Waals surface area contributed by atoms with Gasteiger partial charge in [-0.15, -0.1) is 0 Å². The Morgan fingerprint density at radius 1 is 1.17 bits per heavy atom. The molecule has 6 heteroatoms. The van der Waals surface area contributed by atoms with Gasteiger partial charge in [0.05, 0.1) is 5.56 Å². The summed E-state index contributed by atoms with van der Waals surface area (Å²) in [6.45, 7) is 0. The summed E-state index contributed by atoms with van der Waals surface area (Å²) in [5, 5.41) is 7.24. The van der Waals surface area contributed by atoms with Crippen LogP contribution in [0.3, 0.4) is 0 Å². The van der Waals surface area contributed by atoms with Gasteiger partial charge < -0.3 is 0 Å². The Labute approximate surface area is 76.3 Å². The van der Waals surface area contributed by atoms with Crippen molar-refractivity contribution in [1.29, 1.82) is 5.26 Å². The van der Waals surface area contributed by atoms with Crippen LogP contribution >= 0.6 is 23.2 Å². The summed E-state index contributed by atoms with van der Waals surface area (Å²) >= 11 is 10.5. The van der Waals surface area contributed by atoms with E-state index in [0.717, 1.165) is 0 Å². The summed E-state index contributed by atoms with van der Waals surface area (Å²) in [5.74, 6) is -2.48. The van der Waals surface area contributed by atoms with E-state index in [0.29, 0.717) is 0 Å². The first kappa shape index (κ1) is 9.17. The normalized spacial score (nSPS) is 9.58. The standard InChI is InChI=1S/C6Cl2F2N2/c7-3-2(1-11)4(8)6(10)12-5(3)9. The van der Waals surface area contributed by atoms with E-state index in [1.54, 1.807) is 0 Å². The van der Waals surface area contributed by atoms with Gasteiger partial charge in [0, 0.05) is 0 Å². The van der Waals surface area contributed by atoms with Crippen molar-refractivity contribution in [2.24, 2.45) is 0 Å². The van der Waals surface area contributed by atoms with E-state index in [1.807, 2.05) is 0 Å². The van der Waals surface area contributed by atoms with Gasteiger partial charge in [0.25, 0.3) is 0 Å². The molecule has 0 spiro atoms. The molecular weight excluding hydrogens is 209 g/mol. The van der Waals surface area contributed by atoms with Crippen LogP contribution in [-0.2, 0) is 0 Å². The van der Waals surface area contributed by atoms with Gasteiger partial charge in [-0.05, 0) is 0 Å². The minimum atomic E-state index is -1.24. The number of aromatic nitrogens is 1. The second-order valence-corrected chi connectivity index (χ2v) is 2.56. The molecule has 0 aliphatic rings. The molecule has 0 fully saturated rings. The first-order valence-electron chi connectivity index (χ1n) is 2.68. The molecule has 0 unspecified atom stereocenters. The summed E-state index contributed by atoms with van der Waals surface area (Å²) in [5.41, 5.74) is -0.441. The maximum atomic E-state index is 12.5. The van der Waals surface area contributed by atoms with Crippen LogP contribution in [0.15, 0.2) is 0 Å². The summed E-state index contributed by atoms with van der Waals surface area (Å²) in [6.07, 6.45) is 0. The Balaban J connectivity index is 3.56. The molecule has 0 amide bonds. The van der Waals surface area contributed by atoms with E-state index in [9.17, 15) is 8.78 Å². The van der Waals surface area contributed by atoms with Crippen LogP contribution in [0.4, 0.5) is 8.78 Å². The molecule has 12 heavy (non-hydrogen) atoms. The van der Waals surface area contributed by atoms with Gasteiger partial charge >= 0.3 is 0 Å². The second-order valence-electron chi connectivity index (χ2n) is 1.81. The zero-order valence-electron chi connectivity index (χ0n) is 5.41. The highest BCUT2D eigenvalue weighted by Gasteiger charge is 2.16. The van der Waals surface area contributed by atoms with Crippen molar-refractivity contribution in [3.05, 3.63) is 27.5 Å². The Morgan fingerprint density at radius 3 is 1.92 bits per heavy atom. The molecule has 0 saturated heterocycles. The topological polar surface area (TPSA) is 36.7 Å². The number of rotatable bonds is 0. The molecule has 0 aromatic carbocycles. The number of hydrogen-bond donors (Lipinski definition) is 0. The smallest absolute Gasteiger partial charge is 0.192 e. The summed E-state index contributed by atoms with van der Waals surface area (Å²) in [7, 11) is 0. The van der Waals surface area contributed by atoms with E-state index in [1.165, 1.54) is 6.07 Å². The van der Waals surface area contributed by atoms with E-state index in [4.69, 9.17) is 28.5 Å². The van der Waals surface area contributed by atoms with Crippen LogP contribution in [0, 0.1) is 23.2 Å². The summed E-state index contributed by atoms with van der Waals surface area (Å²) in [6, 6.07) is 1.46. The van der Waals surface area contributed by atoms with Crippen molar-refractivity contribution in [2.75, 3.05) is 0 Å². The highest BCUT2D eigenvalue weighted by atomic mass is 35.5. The molecular formula is C6Cl2F2N2. The number of hydrogen-bond acceptors (Lipinski definition) is 2. The Hall–Kier alpha value is -0.920. The molecule has 0 radical (unpaired) electrons. The minimum Gasteiger partial charge on any atom is -0.192 e. The average Bonchev–Trinajstić information content (AvgIpc) is 2.02. The fraction of sp³-hybridized carbons (Fsp3) is 0. The lowest BCUT2D eigenvalue weighted by Crippen LogP contribution is -1.95. The zero-order valence-corrected chi connectivity index (χ0v) is 6.92. The lowest BCUT2D eigenvalue weighted by atomic mass is 10.3. The second kappa shape index (κ2) is 3.21. The summed E-state index contributed by atoms with van der Waals surface area (Å²) in [4.78, 5) is 2.73. The molecule has 2 nitrogen and oxygen atoms in total. The van der Waals surface area contributed by atoms with Crippen molar-refractivity contribution in [2.45, 2.75) is 0 Å². The molecule has 1 rings (SSSR count). The first-order valence-corrected chi connectivity index (χ1v) is 3.43. The van der Waals surface area contributed by atoms with Gasteiger partial charge in [0.2, 0.25) is 11.9 Å². The van der Waals surface area contributed by atoms with Crippen molar-refractivity contribution >= 4 is 23.2 Å². The fourth-order valence-corrected chi connectivity index (χ4v) is 0.992. The van der Waals surface area contributed by atoms with E-state index in [-0.39, 0.29) is 0 Å². The largest absolute Gasteiger partial charge is 0.235 e. The van der Waals surface area contributed by atoms with Crippen LogP contribution in [0.5, 0.6) is 0 Å². The highest BCUT2D eigenvalue weighted by Crippen LogP contribution is 2.26. The Morgan fingerprint density at radius 2 is 1.58 bits per heavy atom. The van der Waals surface area contributed by atoms with Gasteiger partial charge in [0.1, 0.15) is 16.1 Å². The third kappa shape index (κ3) is 1.33. The average molecular weight is 209 g/mol. The van der Waals surface area contributed by atoms with Crippen molar-refractivity contribution < 1.29 is 8.78 Å². The Kier molecular flexibility index (Phi) is 2.46. The number of nitriles is 1. The zero-order chi connectivity index (χ0) is 9.30. The molecule has 1 heterocycles. The number of halogens is 4. The molecule has 0 N–H and O–H groups in total. The molecule has 0 aliphatic carbocycles. The predicted octanol–water partition coefficient (Wildman–Crippen LogP) is 2.54. The molecule has 0 bridgehead atoms. The molecule has 1 aromatic heterocycles. The quantitative estimate of drug-likeness (QED) is 0.615. The van der Waals surface area contributed by atoms with Crippen LogP contribution < -0.4 is 0 Å². The molecule has 0 aliphatic heterocycles. The monoisotopic (exact) mass is 208 g/mol. The van der Waals surface area contributed by atoms with Gasteiger partial charge in [-0.3, -0.25) is 0 Å². The third-order valence-corrected chi connectivity index (χ3v) is 1.80. The maximum absolute atomic E-state index is 12.5. The predicted molar refractivity (Wildman–Crippen MR) is 38.9 cm³/mol. The van der Waals surface area contributed by atoms with Gasteiger partial charge in [-0.2, -0.15) is 19.0 Å². The third-order valence-electron chi connectivity index (χ3n) is 1.11. The summed E-state index contributed by atoms with van der Waals surface area (Å²) < 4.78 is 25.0. The highest BCUT2D eigenvalue weighted by molar-refractivity contribution is 6.36. The fourth-order valence-electron chi connectivity index (χ4n) is 0.585. The van der Waals surface area contributed by atoms with Crippen LogP contribution in [0.2, 0.25) is 10.0 Å². The lowest BCUT2D eigenvalue weighted by Gasteiger charge is -1.98. The Bertz CT molecular complexity index is 347. The number of nitrogens with zero attached hydrogens (tertiary/aromatic N) is 2. The van der Waals surface area contributed by atoms with Crippen molar-refractivity contribution in [1.82, 2.24) is 4.98 Å².